The Morgan fingerprint density at radius 1 is 0.889 bits per heavy atom. The fourth-order valence-corrected chi connectivity index (χ4v) is 2.66. The van der Waals surface area contributed by atoms with Crippen LogP contribution in [0.3, 0.4) is 0 Å². The van der Waals surface area contributed by atoms with Crippen LogP contribution in [-0.2, 0) is 85.3 Å². The molecule has 1 heterocycles. The number of hydrogen-bond acceptors (Lipinski definition) is 5. The molecule has 1 aliphatic rings. The van der Waals surface area contributed by atoms with E-state index >= 15 is 0 Å². The van der Waals surface area contributed by atoms with Gasteiger partial charge in [-0.3, -0.25) is 9.59 Å². The Kier molecular flexibility index (Phi) is 48.0. The molecule has 4 radical (unpaired) electrons. The number of ether oxygens (including phenoxy) is 3. The van der Waals surface area contributed by atoms with Gasteiger partial charge in [0, 0.05) is 40.0 Å². The van der Waals surface area contributed by atoms with Crippen molar-refractivity contribution in [3.8, 4) is 0 Å². The molecule has 0 aromatic heterocycles. The summed E-state index contributed by atoms with van der Waals surface area (Å²) in [6.45, 7) is 32.4. The molecule has 2 rings (SSSR count). The van der Waals surface area contributed by atoms with Crippen molar-refractivity contribution in [3.63, 3.8) is 0 Å². The van der Waals surface area contributed by atoms with Gasteiger partial charge < -0.3 is 14.2 Å². The van der Waals surface area contributed by atoms with Crippen molar-refractivity contribution in [1.82, 2.24) is 0 Å². The standard InChI is InChI=1S/C16H15FO5.6CO.2Co/c1-4-12-9-16(14(18)20-2,15(19)21-3)13(22-12)10-5-7-11(17)8-6-10;6*1-2;;/h1,5-8,12-13H,9H2,2-3H3;;;;;;;;. The van der Waals surface area contributed by atoms with Gasteiger partial charge >= 0.3 is 79.8 Å². The first-order chi connectivity index (χ1) is 16.5. The number of esters is 2. The molecule has 0 aliphatic carbocycles. The van der Waals surface area contributed by atoms with Crippen molar-refractivity contribution < 1.29 is 89.7 Å². The molecule has 2 atom stereocenters. The van der Waals surface area contributed by atoms with Gasteiger partial charge in [-0.05, 0) is 23.8 Å². The van der Waals surface area contributed by atoms with Gasteiger partial charge in [-0.25, -0.2) is 4.39 Å². The molecule has 1 aromatic carbocycles. The van der Waals surface area contributed by atoms with E-state index in [9.17, 15) is 14.0 Å². The Morgan fingerprint density at radius 2 is 1.22 bits per heavy atom. The van der Waals surface area contributed by atoms with Crippen molar-refractivity contribution in [1.29, 1.82) is 0 Å². The van der Waals surface area contributed by atoms with E-state index in [1.165, 1.54) is 24.3 Å². The Bertz CT molecular complexity index is 781. The Balaban J connectivity index is -0.000000106. The molecule has 36 heavy (non-hydrogen) atoms. The third-order valence-electron chi connectivity index (χ3n) is 3.71. The summed E-state index contributed by atoms with van der Waals surface area (Å²) in [5.74, 6) is -2.05. The van der Waals surface area contributed by atoms with Crippen molar-refractivity contribution in [3.05, 3.63) is 88.2 Å². The van der Waals surface area contributed by atoms with E-state index in [1.807, 2.05) is 0 Å². The van der Waals surface area contributed by atoms with Gasteiger partial charge in [0.05, 0.1) is 20.3 Å². The minimum Gasteiger partial charge on any atom is -0.468 e. The number of methoxy groups -OCH3 is 2. The Hall–Kier alpha value is -2.76. The Morgan fingerprint density at radius 3 is 1.50 bits per heavy atom. The number of carbonyl (C=O) groups is 2. The second kappa shape index (κ2) is 34.4. The molecule has 14 heteroatoms. The van der Waals surface area contributed by atoms with Gasteiger partial charge in [-0.2, -0.15) is 0 Å². The van der Waals surface area contributed by atoms with E-state index in [1.54, 1.807) is 0 Å². The molecule has 0 bridgehead atoms. The minimum absolute atomic E-state index is 0. The second-order valence-electron chi connectivity index (χ2n) is 4.88. The van der Waals surface area contributed by atoms with Crippen LogP contribution in [0.25, 0.3) is 0 Å². The smallest absolute Gasteiger partial charge is 0.326 e. The zero-order valence-electron chi connectivity index (χ0n) is 18.3. The fourth-order valence-electron chi connectivity index (χ4n) is 2.66. The topological polar surface area (TPSA) is 181 Å². The van der Waals surface area contributed by atoms with E-state index in [4.69, 9.17) is 48.7 Å². The molecule has 0 amide bonds. The number of hydrogen-bond donors (Lipinski definition) is 0. The van der Waals surface area contributed by atoms with Gasteiger partial charge in [0.15, 0.2) is 5.41 Å². The molecule has 1 fully saturated rings. The number of halogens is 1. The van der Waals surface area contributed by atoms with Crippen molar-refractivity contribution in [2.24, 2.45) is 5.41 Å². The summed E-state index contributed by atoms with van der Waals surface area (Å²) >= 11 is 0. The molecule has 194 valence electrons. The van der Waals surface area contributed by atoms with Gasteiger partial charge in [-0.1, -0.05) is 18.7 Å². The van der Waals surface area contributed by atoms with Crippen molar-refractivity contribution in [2.75, 3.05) is 14.2 Å². The van der Waals surface area contributed by atoms with Crippen LogP contribution in [0.15, 0.2) is 24.3 Å². The first kappa shape index (κ1) is 50.2. The predicted molar refractivity (Wildman–Crippen MR) is 96.2 cm³/mol. The molecule has 0 spiro atoms. The number of carbonyl (C=O) groups excluding carboxylic acids is 2. The van der Waals surface area contributed by atoms with E-state index in [0.717, 1.165) is 14.2 Å². The van der Waals surface area contributed by atoms with Gasteiger partial charge in [0.1, 0.15) is 11.9 Å². The van der Waals surface area contributed by atoms with Crippen LogP contribution in [0.5, 0.6) is 0 Å². The molecule has 1 aromatic rings. The number of rotatable bonds is 4. The van der Waals surface area contributed by atoms with Gasteiger partial charge in [0.2, 0.25) is 0 Å². The third kappa shape index (κ3) is 14.6. The normalized spacial score (nSPS) is 14.3. The van der Waals surface area contributed by atoms with E-state index in [-0.39, 0.29) is 40.0 Å². The summed E-state index contributed by atoms with van der Waals surface area (Å²) in [7, 11) is 2.33. The van der Waals surface area contributed by atoms with Crippen LogP contribution >= 0.6 is 0 Å². The maximum atomic E-state index is 13.1. The van der Waals surface area contributed by atoms with Crippen LogP contribution in [-0.4, -0.2) is 32.3 Å². The monoisotopic (exact) mass is 592 g/mol. The summed E-state index contributed by atoms with van der Waals surface area (Å²) in [6.07, 6.45) is 0.550. The molecular formula is C22H15Co2FO11. The SMILES string of the molecule is [C-]#[O+].[C-]#[O+].[C-]#[O+].[C-]#[O+].[C-]#[O+].[C-]#[O+].[CH]=[C]C1CC(C(=O)OC)(C(=O)OC)C(c2ccc(F)cc2)O1.[Co].[Co]. The third-order valence-corrected chi connectivity index (χ3v) is 3.71. The molecule has 0 saturated carbocycles. The van der Waals surface area contributed by atoms with E-state index in [2.05, 4.69) is 46.0 Å². The van der Waals surface area contributed by atoms with E-state index < -0.39 is 35.4 Å². The zero-order chi connectivity index (χ0) is 28.3. The quantitative estimate of drug-likeness (QED) is 0.222. The number of benzene rings is 1. The summed E-state index contributed by atoms with van der Waals surface area (Å²) in [5, 5.41) is 0. The molecule has 0 N–H and O–H groups in total. The Labute approximate surface area is 227 Å². The van der Waals surface area contributed by atoms with E-state index in [0.29, 0.717) is 5.56 Å². The van der Waals surface area contributed by atoms with Crippen molar-refractivity contribution in [2.45, 2.75) is 18.6 Å². The van der Waals surface area contributed by atoms with Crippen LogP contribution in [0.4, 0.5) is 4.39 Å². The molecule has 1 aliphatic heterocycles. The molecule has 1 saturated heterocycles. The fraction of sp³-hybridized carbons (Fsp3) is 0.273. The minimum atomic E-state index is -1.71. The zero-order valence-corrected chi connectivity index (χ0v) is 20.4. The summed E-state index contributed by atoms with van der Waals surface area (Å²) < 4.78 is 73.3. The van der Waals surface area contributed by atoms with Crippen LogP contribution in [0.2, 0.25) is 0 Å². The summed E-state index contributed by atoms with van der Waals surface area (Å²) in [5.41, 5.74) is -1.27. The second-order valence-corrected chi connectivity index (χ2v) is 4.88. The first-order valence-corrected chi connectivity index (χ1v) is 7.76. The van der Waals surface area contributed by atoms with Gasteiger partial charge in [-0.15, -0.1) is 0 Å². The maximum Gasteiger partial charge on any atom is 0.326 e. The summed E-state index contributed by atoms with van der Waals surface area (Å²) in [4.78, 5) is 24.6. The largest absolute Gasteiger partial charge is 0.468 e. The van der Waals surface area contributed by atoms with Crippen molar-refractivity contribution >= 4 is 11.9 Å². The van der Waals surface area contributed by atoms with Crippen LogP contribution in [0.1, 0.15) is 18.1 Å². The predicted octanol–water partition coefficient (Wildman–Crippen LogP) is 1.55. The summed E-state index contributed by atoms with van der Waals surface area (Å²) in [6, 6.07) is 5.28. The van der Waals surface area contributed by atoms with Crippen LogP contribution in [0, 0.1) is 63.8 Å². The average Bonchev–Trinajstić information content (AvgIpc) is 3.36. The molecule has 11 nitrogen and oxygen atoms in total. The maximum absolute atomic E-state index is 13.1. The average molecular weight is 592 g/mol. The van der Waals surface area contributed by atoms with Crippen LogP contribution < -0.4 is 0 Å². The van der Waals surface area contributed by atoms with Gasteiger partial charge in [0.25, 0.3) is 0 Å². The molecule has 2 unspecified atom stereocenters. The first-order valence-electron chi connectivity index (χ1n) is 7.76. The molecular weight excluding hydrogens is 577 g/mol.